The zero-order valence-corrected chi connectivity index (χ0v) is 12.2. The van der Waals surface area contributed by atoms with Gasteiger partial charge in [0.2, 0.25) is 0 Å². The molecule has 6 heteroatoms. The summed E-state index contributed by atoms with van der Waals surface area (Å²) in [6, 6.07) is 8.37. The number of benzene rings is 1. The first kappa shape index (κ1) is 14.8. The van der Waals surface area contributed by atoms with Crippen molar-refractivity contribution in [2.45, 2.75) is 19.6 Å². The van der Waals surface area contributed by atoms with Crippen LogP contribution in [-0.4, -0.2) is 12.0 Å². The van der Waals surface area contributed by atoms with Crippen molar-refractivity contribution in [1.82, 2.24) is 5.32 Å². The van der Waals surface area contributed by atoms with Crippen LogP contribution in [0.5, 0.6) is 5.75 Å². The van der Waals surface area contributed by atoms with E-state index < -0.39 is 6.10 Å². The highest BCUT2D eigenvalue weighted by Crippen LogP contribution is 2.28. The second kappa shape index (κ2) is 6.68. The molecule has 106 valence electrons. The third-order valence-corrected chi connectivity index (χ3v) is 3.11. The molecule has 0 aliphatic heterocycles. The molecule has 2 aromatic rings. The van der Waals surface area contributed by atoms with Gasteiger partial charge >= 0.3 is 0 Å². The van der Waals surface area contributed by atoms with Crippen LogP contribution in [0.1, 0.15) is 12.7 Å². The van der Waals surface area contributed by atoms with Gasteiger partial charge in [0.25, 0.3) is 5.91 Å². The first-order valence-electron chi connectivity index (χ1n) is 5.98. The normalized spacial score (nSPS) is 11.9. The van der Waals surface area contributed by atoms with E-state index in [9.17, 15) is 4.79 Å². The number of rotatable bonds is 5. The van der Waals surface area contributed by atoms with Gasteiger partial charge in [-0.3, -0.25) is 4.79 Å². The average Bonchev–Trinajstić information content (AvgIpc) is 2.92. The fourth-order valence-electron chi connectivity index (χ4n) is 1.55. The quantitative estimate of drug-likeness (QED) is 0.916. The topological polar surface area (TPSA) is 51.5 Å². The maximum absolute atomic E-state index is 11.9. The monoisotopic (exact) mass is 313 g/mol. The SMILES string of the molecule is C[C@H](Oc1ccc(Cl)cc1Cl)C(=O)NCc1ccco1. The summed E-state index contributed by atoms with van der Waals surface area (Å²) in [5.74, 6) is 0.833. The number of furan rings is 1. The molecule has 0 unspecified atom stereocenters. The molecule has 0 saturated heterocycles. The van der Waals surface area contributed by atoms with Crippen molar-refractivity contribution in [1.29, 1.82) is 0 Å². The van der Waals surface area contributed by atoms with Gasteiger partial charge in [0.1, 0.15) is 11.5 Å². The van der Waals surface area contributed by atoms with Crippen molar-refractivity contribution < 1.29 is 13.9 Å². The van der Waals surface area contributed by atoms with E-state index in [2.05, 4.69) is 5.32 Å². The van der Waals surface area contributed by atoms with E-state index in [-0.39, 0.29) is 5.91 Å². The van der Waals surface area contributed by atoms with E-state index in [1.165, 1.54) is 0 Å². The van der Waals surface area contributed by atoms with E-state index in [4.69, 9.17) is 32.4 Å². The maximum Gasteiger partial charge on any atom is 0.261 e. The van der Waals surface area contributed by atoms with E-state index in [0.717, 1.165) is 0 Å². The van der Waals surface area contributed by atoms with Gasteiger partial charge in [-0.1, -0.05) is 23.2 Å². The summed E-state index contributed by atoms with van der Waals surface area (Å²) in [5.41, 5.74) is 0. The largest absolute Gasteiger partial charge is 0.479 e. The Bertz CT molecular complexity index is 584. The average molecular weight is 314 g/mol. The van der Waals surface area contributed by atoms with E-state index in [1.54, 1.807) is 43.5 Å². The first-order valence-corrected chi connectivity index (χ1v) is 6.73. The number of nitrogens with one attached hydrogen (secondary N) is 1. The number of halogens is 2. The van der Waals surface area contributed by atoms with Gasteiger partial charge in [-0.15, -0.1) is 0 Å². The Hall–Kier alpha value is -1.65. The van der Waals surface area contributed by atoms with Gasteiger partial charge in [-0.2, -0.15) is 0 Å². The highest BCUT2D eigenvalue weighted by atomic mass is 35.5. The number of ether oxygens (including phenoxy) is 1. The van der Waals surface area contributed by atoms with Crippen LogP contribution < -0.4 is 10.1 Å². The Labute approximate surface area is 126 Å². The molecular weight excluding hydrogens is 301 g/mol. The molecule has 0 saturated carbocycles. The molecule has 0 aliphatic rings. The van der Waals surface area contributed by atoms with Crippen molar-refractivity contribution >= 4 is 29.1 Å². The molecule has 1 aromatic carbocycles. The number of hydrogen-bond acceptors (Lipinski definition) is 3. The minimum absolute atomic E-state index is 0.257. The number of carbonyl (C=O) groups is 1. The lowest BCUT2D eigenvalue weighted by Gasteiger charge is -2.15. The minimum atomic E-state index is -0.677. The lowest BCUT2D eigenvalue weighted by Crippen LogP contribution is -2.35. The van der Waals surface area contributed by atoms with Crippen molar-refractivity contribution in [3.8, 4) is 5.75 Å². The van der Waals surface area contributed by atoms with Gasteiger partial charge < -0.3 is 14.5 Å². The third-order valence-electron chi connectivity index (χ3n) is 2.58. The van der Waals surface area contributed by atoms with Crippen LogP contribution in [0.25, 0.3) is 0 Å². The van der Waals surface area contributed by atoms with Crippen LogP contribution in [0.4, 0.5) is 0 Å². The smallest absolute Gasteiger partial charge is 0.261 e. The van der Waals surface area contributed by atoms with Crippen molar-refractivity contribution in [2.75, 3.05) is 0 Å². The second-order valence-electron chi connectivity index (χ2n) is 4.13. The summed E-state index contributed by atoms with van der Waals surface area (Å²) in [5, 5.41) is 3.58. The summed E-state index contributed by atoms with van der Waals surface area (Å²) in [7, 11) is 0. The molecule has 0 bridgehead atoms. The Balaban J connectivity index is 1.90. The number of hydrogen-bond donors (Lipinski definition) is 1. The highest BCUT2D eigenvalue weighted by molar-refractivity contribution is 6.35. The van der Waals surface area contributed by atoms with Gasteiger partial charge in [0.05, 0.1) is 17.8 Å². The van der Waals surface area contributed by atoms with Gasteiger partial charge in [0.15, 0.2) is 6.10 Å². The number of carbonyl (C=O) groups excluding carboxylic acids is 1. The summed E-state index contributed by atoms with van der Waals surface area (Å²) < 4.78 is 10.6. The predicted octanol–water partition coefficient (Wildman–Crippen LogP) is 3.67. The molecule has 4 nitrogen and oxygen atoms in total. The summed E-state index contributed by atoms with van der Waals surface area (Å²) in [6.07, 6.45) is 0.873. The molecule has 0 aliphatic carbocycles. The molecule has 1 N–H and O–H groups in total. The first-order chi connectivity index (χ1) is 9.56. The number of amides is 1. The zero-order chi connectivity index (χ0) is 14.5. The fourth-order valence-corrected chi connectivity index (χ4v) is 2.00. The molecule has 1 atom stereocenters. The Morgan fingerprint density at radius 3 is 2.85 bits per heavy atom. The zero-order valence-electron chi connectivity index (χ0n) is 10.7. The van der Waals surface area contributed by atoms with E-state index >= 15 is 0 Å². The molecule has 20 heavy (non-hydrogen) atoms. The van der Waals surface area contributed by atoms with Gasteiger partial charge in [-0.05, 0) is 37.3 Å². The highest BCUT2D eigenvalue weighted by Gasteiger charge is 2.16. The second-order valence-corrected chi connectivity index (χ2v) is 4.98. The van der Waals surface area contributed by atoms with Gasteiger partial charge in [0, 0.05) is 5.02 Å². The van der Waals surface area contributed by atoms with Gasteiger partial charge in [-0.25, -0.2) is 0 Å². The van der Waals surface area contributed by atoms with Crippen molar-refractivity contribution in [3.63, 3.8) is 0 Å². The van der Waals surface area contributed by atoms with Crippen LogP contribution >= 0.6 is 23.2 Å². The Kier molecular flexibility index (Phi) is 4.93. The maximum atomic E-state index is 11.9. The van der Waals surface area contributed by atoms with Crippen LogP contribution in [0.15, 0.2) is 41.0 Å². The summed E-state index contributed by atoms with van der Waals surface area (Å²) in [6.45, 7) is 1.95. The van der Waals surface area contributed by atoms with Crippen molar-refractivity contribution in [2.24, 2.45) is 0 Å². The molecule has 0 radical (unpaired) electrons. The fraction of sp³-hybridized carbons (Fsp3) is 0.214. The Morgan fingerprint density at radius 1 is 1.40 bits per heavy atom. The molecule has 0 fully saturated rings. The summed E-state index contributed by atoms with van der Waals surface area (Å²) in [4.78, 5) is 11.9. The minimum Gasteiger partial charge on any atom is -0.479 e. The predicted molar refractivity (Wildman–Crippen MR) is 77.1 cm³/mol. The molecule has 1 aromatic heterocycles. The van der Waals surface area contributed by atoms with Crippen LogP contribution in [0.2, 0.25) is 10.0 Å². The summed E-state index contributed by atoms with van der Waals surface area (Å²) >= 11 is 11.8. The van der Waals surface area contributed by atoms with Crippen LogP contribution in [0.3, 0.4) is 0 Å². The van der Waals surface area contributed by atoms with Crippen LogP contribution in [0, 0.1) is 0 Å². The van der Waals surface area contributed by atoms with Crippen LogP contribution in [-0.2, 0) is 11.3 Å². The Morgan fingerprint density at radius 2 is 2.20 bits per heavy atom. The van der Waals surface area contributed by atoms with Crippen molar-refractivity contribution in [3.05, 3.63) is 52.4 Å². The lowest BCUT2D eigenvalue weighted by atomic mass is 10.3. The molecule has 0 spiro atoms. The molecular formula is C14H13Cl2NO3. The van der Waals surface area contributed by atoms with E-state index in [0.29, 0.717) is 28.1 Å². The lowest BCUT2D eigenvalue weighted by molar-refractivity contribution is -0.127. The molecule has 1 amide bonds. The molecule has 2 rings (SSSR count). The standard InChI is InChI=1S/C14H13Cl2NO3/c1-9(14(18)17-8-11-3-2-6-19-11)20-13-5-4-10(15)7-12(13)16/h2-7,9H,8H2,1H3,(H,17,18)/t9-/m0/s1. The third kappa shape index (κ3) is 3.92. The van der Waals surface area contributed by atoms with E-state index in [1.807, 2.05) is 0 Å². The molecule has 1 heterocycles.